The van der Waals surface area contributed by atoms with E-state index in [-0.39, 0.29) is 23.8 Å². The number of hydrogen-bond donors (Lipinski definition) is 1. The summed E-state index contributed by atoms with van der Waals surface area (Å²) in [5.74, 6) is 0.591. The lowest BCUT2D eigenvalue weighted by Gasteiger charge is -2.35. The molecular weight excluding hydrogens is 358 g/mol. The molecule has 6 heteroatoms. The van der Waals surface area contributed by atoms with E-state index in [1.54, 1.807) is 12.1 Å². The fourth-order valence-electron chi connectivity index (χ4n) is 3.43. The molecule has 28 heavy (non-hydrogen) atoms. The van der Waals surface area contributed by atoms with Crippen LogP contribution >= 0.6 is 0 Å². The lowest BCUT2D eigenvalue weighted by Crippen LogP contribution is -2.37. The van der Waals surface area contributed by atoms with Gasteiger partial charge in [-0.25, -0.2) is 0 Å². The summed E-state index contributed by atoms with van der Waals surface area (Å²) in [5, 5.41) is 2.69. The molecule has 0 spiro atoms. The van der Waals surface area contributed by atoms with E-state index in [2.05, 4.69) is 5.32 Å². The Bertz CT molecular complexity index is 675. The molecule has 0 heterocycles. The Morgan fingerprint density at radius 1 is 1.14 bits per heavy atom. The molecule has 1 fully saturated rings. The van der Waals surface area contributed by atoms with Crippen LogP contribution in [0.1, 0.15) is 69.7 Å². The smallest absolute Gasteiger partial charge is 0.311 e. The zero-order valence-electron chi connectivity index (χ0n) is 17.1. The van der Waals surface area contributed by atoms with Crippen molar-refractivity contribution < 1.29 is 23.9 Å². The number of rotatable bonds is 9. The van der Waals surface area contributed by atoms with E-state index in [0.29, 0.717) is 31.6 Å². The van der Waals surface area contributed by atoms with Gasteiger partial charge in [0.15, 0.2) is 5.78 Å². The standard InChI is InChI=1S/C22H31NO5/c1-4-27-21(26)22(3)13-11-19(12-14-22)28-18-9-7-17(8-10-18)20(25)6-5-15-23-16(2)24/h7-10,19H,4-6,11-15H2,1-3H3,(H,23,24). The van der Waals surface area contributed by atoms with Crippen LogP contribution in [-0.2, 0) is 14.3 Å². The van der Waals surface area contributed by atoms with Crippen molar-refractivity contribution in [3.8, 4) is 5.75 Å². The van der Waals surface area contributed by atoms with Gasteiger partial charge in [-0.05, 0) is 70.2 Å². The van der Waals surface area contributed by atoms with Crippen LogP contribution < -0.4 is 10.1 Å². The van der Waals surface area contributed by atoms with Crippen LogP contribution in [0, 0.1) is 5.41 Å². The third-order valence-corrected chi connectivity index (χ3v) is 5.24. The number of ketones is 1. The van der Waals surface area contributed by atoms with Gasteiger partial charge < -0.3 is 14.8 Å². The molecule has 0 saturated heterocycles. The maximum Gasteiger partial charge on any atom is 0.311 e. The summed E-state index contributed by atoms with van der Waals surface area (Å²) in [6.07, 6.45) is 4.20. The molecule has 2 rings (SSSR count). The Kier molecular flexibility index (Phi) is 8.03. The zero-order valence-corrected chi connectivity index (χ0v) is 17.1. The number of Topliss-reactive ketones (excluding diaryl/α,β-unsaturated/α-hetero) is 1. The molecule has 0 atom stereocenters. The normalized spacial score (nSPS) is 21.6. The van der Waals surface area contributed by atoms with Crippen molar-refractivity contribution in [3.63, 3.8) is 0 Å². The molecule has 0 radical (unpaired) electrons. The van der Waals surface area contributed by atoms with Crippen molar-refractivity contribution in [2.45, 2.75) is 65.4 Å². The van der Waals surface area contributed by atoms with Crippen LogP contribution in [0.5, 0.6) is 5.75 Å². The van der Waals surface area contributed by atoms with Gasteiger partial charge in [0.1, 0.15) is 5.75 Å². The first-order chi connectivity index (χ1) is 13.3. The molecule has 1 aromatic rings. The minimum Gasteiger partial charge on any atom is -0.490 e. The van der Waals surface area contributed by atoms with Crippen molar-refractivity contribution in [2.75, 3.05) is 13.2 Å². The molecule has 0 aromatic heterocycles. The summed E-state index contributed by atoms with van der Waals surface area (Å²) in [5.41, 5.74) is 0.234. The van der Waals surface area contributed by atoms with Gasteiger partial charge in [0.2, 0.25) is 5.91 Å². The topological polar surface area (TPSA) is 81.7 Å². The van der Waals surface area contributed by atoms with Crippen molar-refractivity contribution in [2.24, 2.45) is 5.41 Å². The Morgan fingerprint density at radius 3 is 2.36 bits per heavy atom. The molecule has 1 aliphatic rings. The molecular formula is C22H31NO5. The Hall–Kier alpha value is -2.37. The number of esters is 1. The predicted molar refractivity (Wildman–Crippen MR) is 106 cm³/mol. The highest BCUT2D eigenvalue weighted by atomic mass is 16.5. The second kappa shape index (κ2) is 10.2. The van der Waals surface area contributed by atoms with E-state index in [4.69, 9.17) is 9.47 Å². The van der Waals surface area contributed by atoms with Gasteiger partial charge in [0.25, 0.3) is 0 Å². The number of carbonyl (C=O) groups is 3. The first-order valence-corrected chi connectivity index (χ1v) is 10.1. The van der Waals surface area contributed by atoms with Crippen LogP contribution in [0.3, 0.4) is 0 Å². The number of ether oxygens (including phenoxy) is 2. The molecule has 0 unspecified atom stereocenters. The van der Waals surface area contributed by atoms with E-state index in [1.807, 2.05) is 26.0 Å². The van der Waals surface area contributed by atoms with E-state index >= 15 is 0 Å². The summed E-state index contributed by atoms with van der Waals surface area (Å²) >= 11 is 0. The fraction of sp³-hybridized carbons (Fsp3) is 0.591. The second-order valence-corrected chi connectivity index (χ2v) is 7.63. The van der Waals surface area contributed by atoms with Crippen LogP contribution in [-0.4, -0.2) is 36.9 Å². The Labute approximate surface area is 167 Å². The van der Waals surface area contributed by atoms with Crippen LogP contribution in [0.2, 0.25) is 0 Å². The Balaban J connectivity index is 1.79. The highest BCUT2D eigenvalue weighted by molar-refractivity contribution is 5.96. The number of nitrogens with one attached hydrogen (secondary N) is 1. The van der Waals surface area contributed by atoms with Crippen molar-refractivity contribution in [3.05, 3.63) is 29.8 Å². The maximum absolute atomic E-state index is 12.2. The van der Waals surface area contributed by atoms with Crippen molar-refractivity contribution >= 4 is 17.7 Å². The molecule has 6 nitrogen and oxygen atoms in total. The number of amides is 1. The van der Waals surface area contributed by atoms with Gasteiger partial charge in [-0.2, -0.15) is 0 Å². The first kappa shape index (κ1) is 21.9. The highest BCUT2D eigenvalue weighted by Gasteiger charge is 2.39. The maximum atomic E-state index is 12.2. The summed E-state index contributed by atoms with van der Waals surface area (Å²) in [4.78, 5) is 35.1. The number of carbonyl (C=O) groups excluding carboxylic acids is 3. The third kappa shape index (κ3) is 6.36. The fourth-order valence-corrected chi connectivity index (χ4v) is 3.43. The lowest BCUT2D eigenvalue weighted by atomic mass is 9.74. The van der Waals surface area contributed by atoms with E-state index in [9.17, 15) is 14.4 Å². The van der Waals surface area contributed by atoms with Gasteiger partial charge in [0.05, 0.1) is 18.1 Å². The van der Waals surface area contributed by atoms with Crippen molar-refractivity contribution in [1.29, 1.82) is 0 Å². The molecule has 0 bridgehead atoms. The highest BCUT2D eigenvalue weighted by Crippen LogP contribution is 2.38. The number of benzene rings is 1. The van der Waals surface area contributed by atoms with E-state index < -0.39 is 5.41 Å². The summed E-state index contributed by atoms with van der Waals surface area (Å²) in [6, 6.07) is 7.20. The molecule has 1 amide bonds. The monoisotopic (exact) mass is 389 g/mol. The Morgan fingerprint density at radius 2 is 1.79 bits per heavy atom. The van der Waals surface area contributed by atoms with Crippen LogP contribution in [0.4, 0.5) is 0 Å². The van der Waals surface area contributed by atoms with Crippen molar-refractivity contribution in [1.82, 2.24) is 5.32 Å². The molecule has 1 aliphatic carbocycles. The average Bonchev–Trinajstić information content (AvgIpc) is 2.67. The minimum atomic E-state index is -0.413. The van der Waals surface area contributed by atoms with Gasteiger partial charge in [0, 0.05) is 25.5 Å². The molecule has 1 aromatic carbocycles. The zero-order chi connectivity index (χ0) is 20.6. The molecule has 1 N–H and O–H groups in total. The van der Waals surface area contributed by atoms with Crippen LogP contribution in [0.15, 0.2) is 24.3 Å². The quantitative estimate of drug-likeness (QED) is 0.396. The molecule has 0 aliphatic heterocycles. The molecule has 1 saturated carbocycles. The van der Waals surface area contributed by atoms with Crippen LogP contribution in [0.25, 0.3) is 0 Å². The minimum absolute atomic E-state index is 0.0553. The van der Waals surface area contributed by atoms with Gasteiger partial charge in [-0.15, -0.1) is 0 Å². The SMILES string of the molecule is CCOC(=O)C1(C)CCC(Oc2ccc(C(=O)CCCNC(C)=O)cc2)CC1. The second-order valence-electron chi connectivity index (χ2n) is 7.63. The average molecular weight is 389 g/mol. The van der Waals surface area contributed by atoms with Gasteiger partial charge >= 0.3 is 5.97 Å². The van der Waals surface area contributed by atoms with Gasteiger partial charge in [-0.3, -0.25) is 14.4 Å². The summed E-state index contributed by atoms with van der Waals surface area (Å²) in [7, 11) is 0. The largest absolute Gasteiger partial charge is 0.490 e. The summed E-state index contributed by atoms with van der Waals surface area (Å²) in [6.45, 7) is 6.17. The predicted octanol–water partition coefficient (Wildman–Crippen LogP) is 3.68. The van der Waals surface area contributed by atoms with E-state index in [0.717, 1.165) is 31.4 Å². The number of hydrogen-bond acceptors (Lipinski definition) is 5. The summed E-state index contributed by atoms with van der Waals surface area (Å²) < 4.78 is 11.2. The third-order valence-electron chi connectivity index (χ3n) is 5.24. The lowest BCUT2D eigenvalue weighted by molar-refractivity contribution is -0.157. The first-order valence-electron chi connectivity index (χ1n) is 10.1. The van der Waals surface area contributed by atoms with Gasteiger partial charge in [-0.1, -0.05) is 0 Å². The molecule has 154 valence electrons. The van der Waals surface area contributed by atoms with E-state index in [1.165, 1.54) is 6.92 Å².